The van der Waals surface area contributed by atoms with Crippen LogP contribution in [0.15, 0.2) is 65.3 Å². The van der Waals surface area contributed by atoms with Crippen molar-refractivity contribution in [3.8, 4) is 33.9 Å². The molecule has 20 heavy (non-hydrogen) atoms. The van der Waals surface area contributed by atoms with Crippen molar-refractivity contribution in [3.05, 3.63) is 60.9 Å². The predicted octanol–water partition coefficient (Wildman–Crippen LogP) is 4.33. The monoisotopic (exact) mass is 266 g/mol. The minimum absolute atomic E-state index is 0.137. The van der Waals surface area contributed by atoms with Crippen molar-refractivity contribution in [2.75, 3.05) is 7.11 Å². The van der Waals surface area contributed by atoms with E-state index >= 15 is 0 Å². The first-order valence-corrected chi connectivity index (χ1v) is 6.29. The van der Waals surface area contributed by atoms with E-state index in [2.05, 4.69) is 0 Å². The molecule has 2 aromatic carbocycles. The van der Waals surface area contributed by atoms with Crippen molar-refractivity contribution in [1.82, 2.24) is 0 Å². The summed E-state index contributed by atoms with van der Waals surface area (Å²) in [5.41, 5.74) is 3.03. The Morgan fingerprint density at radius 3 is 2.45 bits per heavy atom. The van der Waals surface area contributed by atoms with E-state index in [1.807, 2.05) is 48.5 Å². The Morgan fingerprint density at radius 1 is 0.900 bits per heavy atom. The fourth-order valence-corrected chi connectivity index (χ4v) is 2.15. The van der Waals surface area contributed by atoms with Crippen molar-refractivity contribution in [1.29, 1.82) is 0 Å². The van der Waals surface area contributed by atoms with Crippen LogP contribution >= 0.6 is 0 Å². The molecule has 0 spiro atoms. The van der Waals surface area contributed by atoms with E-state index in [0.29, 0.717) is 5.75 Å². The van der Waals surface area contributed by atoms with Crippen LogP contribution in [0, 0.1) is 0 Å². The topological polar surface area (TPSA) is 42.6 Å². The molecule has 0 saturated carbocycles. The molecule has 0 radical (unpaired) electrons. The average molecular weight is 266 g/mol. The molecule has 0 unspecified atom stereocenters. The van der Waals surface area contributed by atoms with E-state index in [-0.39, 0.29) is 5.75 Å². The normalized spacial score (nSPS) is 10.4. The van der Waals surface area contributed by atoms with Crippen LogP contribution in [0.4, 0.5) is 0 Å². The third-order valence-corrected chi connectivity index (χ3v) is 3.18. The number of hydrogen-bond donors (Lipinski definition) is 1. The Bertz CT molecular complexity index is 715. The van der Waals surface area contributed by atoms with Gasteiger partial charge in [0, 0.05) is 5.56 Å². The summed E-state index contributed by atoms with van der Waals surface area (Å²) in [6.45, 7) is 0. The largest absolute Gasteiger partial charge is 0.504 e. The van der Waals surface area contributed by atoms with Gasteiger partial charge in [0.25, 0.3) is 0 Å². The summed E-state index contributed by atoms with van der Waals surface area (Å²) in [7, 11) is 1.54. The molecule has 0 aliphatic heterocycles. The molecule has 0 atom stereocenters. The first-order chi connectivity index (χ1) is 9.78. The van der Waals surface area contributed by atoms with Crippen LogP contribution in [0.5, 0.6) is 11.5 Å². The Balaban J connectivity index is 2.04. The fourth-order valence-electron chi connectivity index (χ4n) is 2.15. The summed E-state index contributed by atoms with van der Waals surface area (Å²) < 4.78 is 10.6. The summed E-state index contributed by atoms with van der Waals surface area (Å²) in [6.07, 6.45) is 1.66. The molecule has 3 nitrogen and oxygen atoms in total. The van der Waals surface area contributed by atoms with Gasteiger partial charge in [-0.25, -0.2) is 0 Å². The van der Waals surface area contributed by atoms with Crippen LogP contribution in [0.1, 0.15) is 0 Å². The molecule has 1 aromatic heterocycles. The number of rotatable bonds is 3. The van der Waals surface area contributed by atoms with Gasteiger partial charge in [0.2, 0.25) is 0 Å². The van der Waals surface area contributed by atoms with Gasteiger partial charge in [0.1, 0.15) is 5.76 Å². The molecule has 3 rings (SSSR count). The molecule has 3 aromatic rings. The van der Waals surface area contributed by atoms with Gasteiger partial charge in [0.05, 0.1) is 13.4 Å². The number of hydrogen-bond acceptors (Lipinski definition) is 3. The summed E-state index contributed by atoms with van der Waals surface area (Å²) in [5.74, 6) is 1.43. The second-order valence-corrected chi connectivity index (χ2v) is 4.44. The van der Waals surface area contributed by atoms with E-state index in [9.17, 15) is 5.11 Å². The van der Waals surface area contributed by atoms with Crippen LogP contribution in [0.2, 0.25) is 0 Å². The zero-order valence-electron chi connectivity index (χ0n) is 11.0. The minimum atomic E-state index is 0.137. The Kier molecular flexibility index (Phi) is 3.17. The maximum atomic E-state index is 9.65. The number of phenols is 1. The average Bonchev–Trinajstić information content (AvgIpc) is 3.02. The molecule has 1 heterocycles. The summed E-state index contributed by atoms with van der Waals surface area (Å²) >= 11 is 0. The van der Waals surface area contributed by atoms with Crippen molar-refractivity contribution < 1.29 is 14.3 Å². The molecule has 0 aliphatic rings. The van der Waals surface area contributed by atoms with Gasteiger partial charge in [-0.15, -0.1) is 0 Å². The molecule has 3 heteroatoms. The van der Waals surface area contributed by atoms with Gasteiger partial charge >= 0.3 is 0 Å². The third-order valence-electron chi connectivity index (χ3n) is 3.18. The van der Waals surface area contributed by atoms with Crippen molar-refractivity contribution in [2.45, 2.75) is 0 Å². The van der Waals surface area contributed by atoms with Gasteiger partial charge in [-0.1, -0.05) is 24.3 Å². The number of methoxy groups -OCH3 is 1. The quantitative estimate of drug-likeness (QED) is 0.767. The summed E-state index contributed by atoms with van der Waals surface area (Å²) in [6, 6.07) is 17.1. The Labute approximate surface area is 117 Å². The molecule has 0 fully saturated rings. The van der Waals surface area contributed by atoms with Crippen LogP contribution < -0.4 is 4.74 Å². The van der Waals surface area contributed by atoms with E-state index in [1.165, 1.54) is 7.11 Å². The minimum Gasteiger partial charge on any atom is -0.504 e. The molecule has 100 valence electrons. The van der Waals surface area contributed by atoms with E-state index < -0.39 is 0 Å². The lowest BCUT2D eigenvalue weighted by Gasteiger charge is -2.08. The van der Waals surface area contributed by atoms with Crippen LogP contribution in [0.3, 0.4) is 0 Å². The first kappa shape index (κ1) is 12.4. The number of phenolic OH excluding ortho intramolecular Hbond substituents is 1. The standard InChI is InChI=1S/C17H14O3/c1-19-17-11-13(7-8-15(17)18)12-4-2-5-14(10-12)16-6-3-9-20-16/h2-11,18H,1H3. The fraction of sp³-hybridized carbons (Fsp3) is 0.0588. The zero-order valence-corrected chi connectivity index (χ0v) is 11.0. The van der Waals surface area contributed by atoms with Crippen molar-refractivity contribution in [3.63, 3.8) is 0 Å². The van der Waals surface area contributed by atoms with Crippen LogP contribution in [-0.2, 0) is 0 Å². The van der Waals surface area contributed by atoms with Crippen LogP contribution in [0.25, 0.3) is 22.5 Å². The van der Waals surface area contributed by atoms with Crippen molar-refractivity contribution in [2.24, 2.45) is 0 Å². The SMILES string of the molecule is COc1cc(-c2cccc(-c3ccco3)c2)ccc1O. The van der Waals surface area contributed by atoms with Gasteiger partial charge in [-0.3, -0.25) is 0 Å². The molecule has 1 N–H and O–H groups in total. The molecule has 0 bridgehead atoms. The zero-order chi connectivity index (χ0) is 13.9. The van der Waals surface area contributed by atoms with E-state index in [4.69, 9.17) is 9.15 Å². The smallest absolute Gasteiger partial charge is 0.161 e. The highest BCUT2D eigenvalue weighted by atomic mass is 16.5. The molecule has 0 aliphatic carbocycles. The third kappa shape index (κ3) is 2.26. The summed E-state index contributed by atoms with van der Waals surface area (Å²) in [5, 5.41) is 9.65. The molecule has 0 saturated heterocycles. The number of benzene rings is 2. The second kappa shape index (κ2) is 5.13. The lowest BCUT2D eigenvalue weighted by atomic mass is 10.0. The van der Waals surface area contributed by atoms with E-state index in [0.717, 1.165) is 22.5 Å². The van der Waals surface area contributed by atoms with Crippen LogP contribution in [-0.4, -0.2) is 12.2 Å². The second-order valence-electron chi connectivity index (χ2n) is 4.44. The first-order valence-electron chi connectivity index (χ1n) is 6.29. The Hall–Kier alpha value is -2.68. The number of ether oxygens (including phenoxy) is 1. The van der Waals surface area contributed by atoms with Gasteiger partial charge in [-0.05, 0) is 41.5 Å². The maximum Gasteiger partial charge on any atom is 0.161 e. The Morgan fingerprint density at radius 2 is 1.70 bits per heavy atom. The predicted molar refractivity (Wildman–Crippen MR) is 77.8 cm³/mol. The number of aromatic hydroxyl groups is 1. The van der Waals surface area contributed by atoms with E-state index in [1.54, 1.807) is 12.3 Å². The highest BCUT2D eigenvalue weighted by Gasteiger charge is 2.07. The lowest BCUT2D eigenvalue weighted by Crippen LogP contribution is -1.85. The van der Waals surface area contributed by atoms with Gasteiger partial charge < -0.3 is 14.3 Å². The molecular weight excluding hydrogens is 252 g/mol. The van der Waals surface area contributed by atoms with Gasteiger partial charge in [-0.2, -0.15) is 0 Å². The van der Waals surface area contributed by atoms with Gasteiger partial charge in [0.15, 0.2) is 11.5 Å². The highest BCUT2D eigenvalue weighted by Crippen LogP contribution is 2.33. The molecular formula is C17H14O3. The molecule has 0 amide bonds. The summed E-state index contributed by atoms with van der Waals surface area (Å²) in [4.78, 5) is 0. The number of furan rings is 1. The van der Waals surface area contributed by atoms with Crippen molar-refractivity contribution >= 4 is 0 Å². The highest BCUT2D eigenvalue weighted by molar-refractivity contribution is 5.72. The maximum absolute atomic E-state index is 9.65. The lowest BCUT2D eigenvalue weighted by molar-refractivity contribution is 0.373.